The van der Waals surface area contributed by atoms with E-state index < -0.39 is 0 Å². The number of amides is 4. The Morgan fingerprint density at radius 2 is 1.73 bits per heavy atom. The lowest BCUT2D eigenvalue weighted by molar-refractivity contribution is 0.122. The Morgan fingerprint density at radius 1 is 1.00 bits per heavy atom. The van der Waals surface area contributed by atoms with E-state index in [9.17, 15) is 9.59 Å². The van der Waals surface area contributed by atoms with Crippen molar-refractivity contribution in [3.8, 4) is 0 Å². The Bertz CT molecular complexity index is 898. The van der Waals surface area contributed by atoms with Gasteiger partial charge in [-0.1, -0.05) is 36.4 Å². The summed E-state index contributed by atoms with van der Waals surface area (Å²) in [5, 5.41) is 8.68. The van der Waals surface area contributed by atoms with E-state index in [0.717, 1.165) is 29.9 Å². The molecule has 0 aliphatic carbocycles. The van der Waals surface area contributed by atoms with E-state index in [2.05, 4.69) is 26.9 Å². The number of rotatable bonds is 6. The van der Waals surface area contributed by atoms with E-state index >= 15 is 0 Å². The number of anilines is 2. The minimum absolute atomic E-state index is 0.0750. The topological polar surface area (TPSA) is 85.9 Å². The number of hydrogen-bond acceptors (Lipinski definition) is 4. The molecule has 2 aliphatic rings. The fourth-order valence-corrected chi connectivity index (χ4v) is 3.76. The third-order valence-electron chi connectivity index (χ3n) is 5.35. The Kier molecular flexibility index (Phi) is 6.34. The quantitative estimate of drug-likeness (QED) is 0.684. The van der Waals surface area contributed by atoms with Gasteiger partial charge in [-0.15, -0.1) is 0 Å². The Labute approximate surface area is 176 Å². The number of carbonyl (C=O) groups excluding carboxylic acids is 2. The smallest absolute Gasteiger partial charge is 0.319 e. The minimum atomic E-state index is -0.273. The van der Waals surface area contributed by atoms with Crippen molar-refractivity contribution in [2.24, 2.45) is 0 Å². The summed E-state index contributed by atoms with van der Waals surface area (Å²) in [5.41, 5.74) is 3.80. The van der Waals surface area contributed by atoms with Gasteiger partial charge in [0.2, 0.25) is 0 Å². The van der Waals surface area contributed by atoms with Gasteiger partial charge >= 0.3 is 12.1 Å². The van der Waals surface area contributed by atoms with Crippen LogP contribution < -0.4 is 20.9 Å². The number of morpholine rings is 1. The summed E-state index contributed by atoms with van der Waals surface area (Å²) in [6.45, 7) is 5.33. The summed E-state index contributed by atoms with van der Waals surface area (Å²) >= 11 is 0. The molecular weight excluding hydrogens is 382 g/mol. The Morgan fingerprint density at radius 3 is 2.50 bits per heavy atom. The molecule has 2 fully saturated rings. The predicted molar refractivity (Wildman–Crippen MR) is 116 cm³/mol. The van der Waals surface area contributed by atoms with Gasteiger partial charge in [0.1, 0.15) is 0 Å². The molecule has 2 aromatic carbocycles. The summed E-state index contributed by atoms with van der Waals surface area (Å²) in [6, 6.07) is 15.3. The predicted octanol–water partition coefficient (Wildman–Crippen LogP) is 2.37. The third-order valence-corrected chi connectivity index (χ3v) is 5.35. The van der Waals surface area contributed by atoms with Gasteiger partial charge in [-0.25, -0.2) is 9.59 Å². The molecule has 0 unspecified atom stereocenters. The highest BCUT2D eigenvalue weighted by molar-refractivity contribution is 5.90. The van der Waals surface area contributed by atoms with Crippen LogP contribution in [-0.2, 0) is 17.8 Å². The van der Waals surface area contributed by atoms with Crippen LogP contribution in [0, 0.1) is 0 Å². The van der Waals surface area contributed by atoms with Crippen LogP contribution in [0.3, 0.4) is 0 Å². The molecule has 3 N–H and O–H groups in total. The van der Waals surface area contributed by atoms with E-state index in [1.165, 1.54) is 0 Å². The van der Waals surface area contributed by atoms with Crippen molar-refractivity contribution in [3.05, 3.63) is 59.7 Å². The fraction of sp³-hybridized carbons (Fsp3) is 0.364. The highest BCUT2D eigenvalue weighted by atomic mass is 16.5. The van der Waals surface area contributed by atoms with E-state index in [1.54, 1.807) is 4.90 Å². The van der Waals surface area contributed by atoms with Crippen LogP contribution in [0.25, 0.3) is 0 Å². The number of hydrogen-bond donors (Lipinski definition) is 3. The standard InChI is InChI=1S/C22H27N5O3/c28-21(24-15-17-5-2-4-8-20(17)26-11-13-30-14-12-26)25-19-7-3-1-6-18(19)16-27-10-9-23-22(27)29/h1-8H,9-16H2,(H,23,29)(H2,24,25,28). The molecule has 0 spiro atoms. The van der Waals surface area contributed by atoms with Gasteiger partial charge in [-0.3, -0.25) is 0 Å². The van der Waals surface area contributed by atoms with Gasteiger partial charge < -0.3 is 30.5 Å². The maximum absolute atomic E-state index is 12.6. The molecule has 2 heterocycles. The van der Waals surface area contributed by atoms with Crippen molar-refractivity contribution in [2.45, 2.75) is 13.1 Å². The van der Waals surface area contributed by atoms with Gasteiger partial charge in [0.15, 0.2) is 0 Å². The zero-order valence-electron chi connectivity index (χ0n) is 16.9. The summed E-state index contributed by atoms with van der Waals surface area (Å²) < 4.78 is 5.44. The first kappa shape index (κ1) is 20.0. The molecule has 0 aromatic heterocycles. The van der Waals surface area contributed by atoms with E-state index in [4.69, 9.17) is 4.74 Å². The van der Waals surface area contributed by atoms with Gasteiger partial charge in [-0.2, -0.15) is 0 Å². The molecule has 0 atom stereocenters. The Balaban J connectivity index is 1.37. The fourth-order valence-electron chi connectivity index (χ4n) is 3.76. The van der Waals surface area contributed by atoms with Crippen LogP contribution in [0.1, 0.15) is 11.1 Å². The van der Waals surface area contributed by atoms with Crippen LogP contribution in [-0.4, -0.2) is 56.4 Å². The van der Waals surface area contributed by atoms with Gasteiger partial charge in [0.05, 0.1) is 13.2 Å². The van der Waals surface area contributed by atoms with Gasteiger partial charge in [-0.05, 0) is 23.3 Å². The van der Waals surface area contributed by atoms with Crippen LogP contribution in [0.4, 0.5) is 21.0 Å². The van der Waals surface area contributed by atoms with E-state index in [0.29, 0.717) is 45.1 Å². The molecule has 2 aromatic rings. The lowest BCUT2D eigenvalue weighted by atomic mass is 10.1. The second kappa shape index (κ2) is 9.49. The maximum Gasteiger partial charge on any atom is 0.319 e. The summed E-state index contributed by atoms with van der Waals surface area (Å²) in [6.07, 6.45) is 0. The molecule has 4 rings (SSSR count). The molecule has 158 valence electrons. The zero-order chi connectivity index (χ0) is 20.8. The van der Waals surface area contributed by atoms with Crippen molar-refractivity contribution in [2.75, 3.05) is 49.6 Å². The van der Waals surface area contributed by atoms with Crippen LogP contribution in [0.5, 0.6) is 0 Å². The number of para-hydroxylation sites is 2. The van der Waals surface area contributed by atoms with Crippen LogP contribution in [0.2, 0.25) is 0 Å². The molecule has 8 nitrogen and oxygen atoms in total. The molecule has 2 aliphatic heterocycles. The number of urea groups is 2. The number of carbonyl (C=O) groups is 2. The molecule has 30 heavy (non-hydrogen) atoms. The summed E-state index contributed by atoms with van der Waals surface area (Å²) in [7, 11) is 0. The second-order valence-electron chi connectivity index (χ2n) is 7.35. The number of benzene rings is 2. The Hall–Kier alpha value is -3.26. The lowest BCUT2D eigenvalue weighted by Gasteiger charge is -2.30. The van der Waals surface area contributed by atoms with E-state index in [1.807, 2.05) is 42.5 Å². The van der Waals surface area contributed by atoms with Gasteiger partial charge in [0, 0.05) is 50.6 Å². The van der Waals surface area contributed by atoms with Crippen LogP contribution >= 0.6 is 0 Å². The summed E-state index contributed by atoms with van der Waals surface area (Å²) in [4.78, 5) is 28.4. The molecule has 0 bridgehead atoms. The minimum Gasteiger partial charge on any atom is -0.378 e. The number of ether oxygens (including phenoxy) is 1. The normalized spacial score (nSPS) is 16.3. The second-order valence-corrected chi connectivity index (χ2v) is 7.35. The first-order valence-corrected chi connectivity index (χ1v) is 10.3. The van der Waals surface area contributed by atoms with E-state index in [-0.39, 0.29) is 12.1 Å². The zero-order valence-corrected chi connectivity index (χ0v) is 16.9. The SMILES string of the molecule is O=C(NCc1ccccc1N1CCOCC1)Nc1ccccc1CN1CCNC1=O. The summed E-state index contributed by atoms with van der Waals surface area (Å²) in [5.74, 6) is 0. The molecular formula is C22H27N5O3. The average molecular weight is 409 g/mol. The average Bonchev–Trinajstić information content (AvgIpc) is 3.19. The van der Waals surface area contributed by atoms with Crippen molar-refractivity contribution >= 4 is 23.4 Å². The van der Waals surface area contributed by atoms with Crippen molar-refractivity contribution in [1.29, 1.82) is 0 Å². The largest absolute Gasteiger partial charge is 0.378 e. The molecule has 0 saturated carbocycles. The van der Waals surface area contributed by atoms with Crippen molar-refractivity contribution in [3.63, 3.8) is 0 Å². The van der Waals surface area contributed by atoms with Crippen molar-refractivity contribution < 1.29 is 14.3 Å². The first-order valence-electron chi connectivity index (χ1n) is 10.3. The monoisotopic (exact) mass is 409 g/mol. The molecule has 8 heteroatoms. The molecule has 0 radical (unpaired) electrons. The maximum atomic E-state index is 12.6. The first-order chi connectivity index (χ1) is 14.7. The number of nitrogens with zero attached hydrogens (tertiary/aromatic N) is 2. The lowest BCUT2D eigenvalue weighted by Crippen LogP contribution is -2.37. The molecule has 4 amide bonds. The number of nitrogens with one attached hydrogen (secondary N) is 3. The molecule has 2 saturated heterocycles. The highest BCUT2D eigenvalue weighted by Crippen LogP contribution is 2.22. The van der Waals surface area contributed by atoms with Crippen LogP contribution in [0.15, 0.2) is 48.5 Å². The third kappa shape index (κ3) is 4.83. The highest BCUT2D eigenvalue weighted by Gasteiger charge is 2.21. The van der Waals surface area contributed by atoms with Gasteiger partial charge in [0.25, 0.3) is 0 Å². The van der Waals surface area contributed by atoms with Crippen molar-refractivity contribution in [1.82, 2.24) is 15.5 Å².